The van der Waals surface area contributed by atoms with Crippen LogP contribution >= 0.6 is 0 Å². The minimum atomic E-state index is -5.73. The van der Waals surface area contributed by atoms with Crippen LogP contribution in [0.4, 0.5) is 26.3 Å². The zero-order chi connectivity index (χ0) is 16.6. The Morgan fingerprint density at radius 3 is 1.71 bits per heavy atom. The molecular weight excluding hydrogens is 308 g/mol. The predicted octanol–water partition coefficient (Wildman–Crippen LogP) is 2.44. The van der Waals surface area contributed by atoms with Crippen LogP contribution in [0.25, 0.3) is 0 Å². The van der Waals surface area contributed by atoms with Crippen molar-refractivity contribution >= 4 is 11.9 Å². The van der Waals surface area contributed by atoms with Crippen molar-refractivity contribution in [3.8, 4) is 0 Å². The number of piperidine rings is 1. The first-order chi connectivity index (χ1) is 9.29. The van der Waals surface area contributed by atoms with Gasteiger partial charge in [0.25, 0.3) is 0 Å². The first-order valence-electron chi connectivity index (χ1n) is 5.94. The van der Waals surface area contributed by atoms with Gasteiger partial charge in [-0.1, -0.05) is 0 Å². The number of carboxylic acids is 1. The molecule has 1 fully saturated rings. The quantitative estimate of drug-likeness (QED) is 0.795. The van der Waals surface area contributed by atoms with Gasteiger partial charge in [0, 0.05) is 13.1 Å². The van der Waals surface area contributed by atoms with E-state index < -0.39 is 48.7 Å². The van der Waals surface area contributed by atoms with E-state index in [9.17, 15) is 35.9 Å². The van der Waals surface area contributed by atoms with Crippen LogP contribution in [-0.4, -0.2) is 47.3 Å². The SMILES string of the molecule is CC1(C(=O)O)CCN(C(=O)C(C(F)(F)F)C(F)(F)F)CC1. The number of carbonyl (C=O) groups is 2. The maximum Gasteiger partial charge on any atom is 0.409 e. The van der Waals surface area contributed by atoms with Gasteiger partial charge in [0.1, 0.15) is 0 Å². The summed E-state index contributed by atoms with van der Waals surface area (Å²) >= 11 is 0. The molecule has 0 aromatic rings. The molecule has 0 unspecified atom stereocenters. The van der Waals surface area contributed by atoms with E-state index in [1.807, 2.05) is 0 Å². The fourth-order valence-corrected chi connectivity index (χ4v) is 2.08. The number of halogens is 6. The second-order valence-electron chi connectivity index (χ2n) is 5.21. The van der Waals surface area contributed by atoms with E-state index in [0.717, 1.165) is 0 Å². The molecule has 0 aliphatic carbocycles. The van der Waals surface area contributed by atoms with Gasteiger partial charge in [-0.05, 0) is 19.8 Å². The Labute approximate surface area is 115 Å². The summed E-state index contributed by atoms with van der Waals surface area (Å²) in [7, 11) is 0. The molecule has 1 heterocycles. The largest absolute Gasteiger partial charge is 0.481 e. The smallest absolute Gasteiger partial charge is 0.409 e. The van der Waals surface area contributed by atoms with E-state index in [-0.39, 0.29) is 12.8 Å². The molecule has 0 atom stereocenters. The molecule has 4 nitrogen and oxygen atoms in total. The van der Waals surface area contributed by atoms with Gasteiger partial charge in [-0.15, -0.1) is 0 Å². The normalized spacial score (nSPS) is 19.7. The second-order valence-corrected chi connectivity index (χ2v) is 5.21. The lowest BCUT2D eigenvalue weighted by Crippen LogP contribution is -2.53. The molecule has 0 aromatic carbocycles. The maximum atomic E-state index is 12.4. The molecule has 0 saturated carbocycles. The van der Waals surface area contributed by atoms with Gasteiger partial charge in [0.05, 0.1) is 5.41 Å². The molecule has 1 amide bonds. The summed E-state index contributed by atoms with van der Waals surface area (Å²) in [5.41, 5.74) is -1.25. The number of hydrogen-bond donors (Lipinski definition) is 1. The molecule has 0 radical (unpaired) electrons. The molecule has 122 valence electrons. The van der Waals surface area contributed by atoms with Crippen LogP contribution in [-0.2, 0) is 9.59 Å². The third kappa shape index (κ3) is 3.79. The molecule has 1 aliphatic heterocycles. The molecule has 0 bridgehead atoms. The van der Waals surface area contributed by atoms with Crippen LogP contribution in [0.2, 0.25) is 0 Å². The van der Waals surface area contributed by atoms with Crippen molar-refractivity contribution < 1.29 is 41.0 Å². The summed E-state index contributed by atoms with van der Waals surface area (Å²) in [5.74, 6) is -7.35. The average Bonchev–Trinajstić information content (AvgIpc) is 2.25. The first-order valence-corrected chi connectivity index (χ1v) is 5.94. The van der Waals surface area contributed by atoms with Gasteiger partial charge in [-0.2, -0.15) is 26.3 Å². The number of hydrogen-bond acceptors (Lipinski definition) is 2. The molecule has 0 spiro atoms. The van der Waals surface area contributed by atoms with Crippen molar-refractivity contribution in [2.24, 2.45) is 11.3 Å². The summed E-state index contributed by atoms with van der Waals surface area (Å²) < 4.78 is 74.6. The van der Waals surface area contributed by atoms with E-state index in [1.165, 1.54) is 6.92 Å². The lowest BCUT2D eigenvalue weighted by Gasteiger charge is -2.38. The van der Waals surface area contributed by atoms with E-state index in [2.05, 4.69) is 0 Å². The van der Waals surface area contributed by atoms with Crippen LogP contribution in [0.15, 0.2) is 0 Å². The fourth-order valence-electron chi connectivity index (χ4n) is 2.08. The predicted molar refractivity (Wildman–Crippen MR) is 57.2 cm³/mol. The lowest BCUT2D eigenvalue weighted by molar-refractivity contribution is -0.278. The topological polar surface area (TPSA) is 57.6 Å². The van der Waals surface area contributed by atoms with Crippen molar-refractivity contribution in [1.82, 2.24) is 4.90 Å². The zero-order valence-corrected chi connectivity index (χ0v) is 10.9. The van der Waals surface area contributed by atoms with Gasteiger partial charge in [-0.25, -0.2) is 0 Å². The lowest BCUT2D eigenvalue weighted by atomic mass is 9.80. The first kappa shape index (κ1) is 17.6. The van der Waals surface area contributed by atoms with Crippen molar-refractivity contribution in [2.75, 3.05) is 13.1 Å². The van der Waals surface area contributed by atoms with E-state index in [4.69, 9.17) is 5.11 Å². The minimum Gasteiger partial charge on any atom is -0.481 e. The van der Waals surface area contributed by atoms with Gasteiger partial charge in [-0.3, -0.25) is 9.59 Å². The van der Waals surface area contributed by atoms with E-state index in [1.54, 1.807) is 0 Å². The molecule has 1 rings (SSSR count). The Bertz CT molecular complexity index is 409. The Morgan fingerprint density at radius 2 is 1.43 bits per heavy atom. The van der Waals surface area contributed by atoms with Crippen LogP contribution in [0.3, 0.4) is 0 Å². The molecule has 1 aliphatic rings. The van der Waals surface area contributed by atoms with Crippen LogP contribution < -0.4 is 0 Å². The third-order valence-electron chi connectivity index (χ3n) is 3.60. The molecule has 10 heteroatoms. The molecule has 0 aromatic heterocycles. The summed E-state index contributed by atoms with van der Waals surface area (Å²) in [5, 5.41) is 8.93. The Balaban J connectivity index is 2.88. The maximum absolute atomic E-state index is 12.4. The highest BCUT2D eigenvalue weighted by atomic mass is 19.4. The van der Waals surface area contributed by atoms with Crippen LogP contribution in [0.5, 0.6) is 0 Å². The van der Waals surface area contributed by atoms with Gasteiger partial charge in [0.2, 0.25) is 11.8 Å². The summed E-state index contributed by atoms with van der Waals surface area (Å²) in [6, 6.07) is 0. The fraction of sp³-hybridized carbons (Fsp3) is 0.818. The molecule has 1 saturated heterocycles. The standard InChI is InChI=1S/C11H13F6NO3/c1-9(8(20)21)2-4-18(5-3-9)7(19)6(10(12,13)14)11(15,16)17/h6H,2-5H2,1H3,(H,20,21). The number of aliphatic carboxylic acids is 1. The van der Waals surface area contributed by atoms with Gasteiger partial charge < -0.3 is 10.0 Å². The summed E-state index contributed by atoms with van der Waals surface area (Å²) in [6.07, 6.45) is -11.9. The number of likely N-dealkylation sites (tertiary alicyclic amines) is 1. The molecular formula is C11H13F6NO3. The Hall–Kier alpha value is -1.48. The van der Waals surface area contributed by atoms with Crippen LogP contribution in [0.1, 0.15) is 19.8 Å². The summed E-state index contributed by atoms with van der Waals surface area (Å²) in [6.45, 7) is 0.427. The number of rotatable bonds is 2. The van der Waals surface area contributed by atoms with Crippen molar-refractivity contribution in [3.05, 3.63) is 0 Å². The number of carbonyl (C=O) groups excluding carboxylic acids is 1. The highest BCUT2D eigenvalue weighted by Crippen LogP contribution is 2.41. The van der Waals surface area contributed by atoms with Crippen LogP contribution in [0, 0.1) is 11.3 Å². The molecule has 21 heavy (non-hydrogen) atoms. The third-order valence-corrected chi connectivity index (χ3v) is 3.60. The monoisotopic (exact) mass is 321 g/mol. The highest BCUT2D eigenvalue weighted by Gasteiger charge is 2.62. The number of nitrogens with zero attached hydrogens (tertiary/aromatic N) is 1. The van der Waals surface area contributed by atoms with E-state index in [0.29, 0.717) is 4.90 Å². The Morgan fingerprint density at radius 1 is 1.05 bits per heavy atom. The van der Waals surface area contributed by atoms with Gasteiger partial charge >= 0.3 is 18.3 Å². The van der Waals surface area contributed by atoms with Crippen molar-refractivity contribution in [2.45, 2.75) is 32.1 Å². The van der Waals surface area contributed by atoms with Crippen molar-refractivity contribution in [1.29, 1.82) is 0 Å². The summed E-state index contributed by atoms with van der Waals surface area (Å²) in [4.78, 5) is 22.9. The second kappa shape index (κ2) is 5.38. The average molecular weight is 321 g/mol. The zero-order valence-electron chi connectivity index (χ0n) is 10.9. The minimum absolute atomic E-state index is 0.198. The van der Waals surface area contributed by atoms with E-state index >= 15 is 0 Å². The number of carboxylic acid groups (broad SMARTS) is 1. The number of alkyl halides is 6. The Kier molecular flexibility index (Phi) is 4.50. The van der Waals surface area contributed by atoms with Gasteiger partial charge in [0.15, 0.2) is 0 Å². The number of amides is 1. The van der Waals surface area contributed by atoms with Crippen molar-refractivity contribution in [3.63, 3.8) is 0 Å². The molecule has 1 N–H and O–H groups in total. The highest BCUT2D eigenvalue weighted by molar-refractivity contribution is 5.81.